The quantitative estimate of drug-likeness (QED) is 0.245. The fraction of sp³-hybridized carbons (Fsp3) is 0.212. The monoisotopic (exact) mass is 549 g/mol. The molecule has 8 heteroatoms. The summed E-state index contributed by atoms with van der Waals surface area (Å²) < 4.78 is 5.57. The maximum atomic E-state index is 13.7. The van der Waals surface area contributed by atoms with Gasteiger partial charge in [-0.25, -0.2) is 4.79 Å². The zero-order valence-electron chi connectivity index (χ0n) is 23.3. The van der Waals surface area contributed by atoms with Gasteiger partial charge in [-0.3, -0.25) is 4.79 Å². The normalized spacial score (nSPS) is 13.7. The molecule has 1 saturated heterocycles. The first-order valence-electron chi connectivity index (χ1n) is 13.8. The molecule has 8 nitrogen and oxygen atoms in total. The Morgan fingerprint density at radius 3 is 1.98 bits per heavy atom. The summed E-state index contributed by atoms with van der Waals surface area (Å²) in [6.07, 6.45) is 0. The molecule has 41 heavy (non-hydrogen) atoms. The first-order chi connectivity index (χ1) is 20.0. The average Bonchev–Trinajstić information content (AvgIpc) is 3.02. The maximum absolute atomic E-state index is 13.7. The summed E-state index contributed by atoms with van der Waals surface area (Å²) in [4.78, 5) is 30.9. The lowest BCUT2D eigenvalue weighted by atomic mass is 10.1. The van der Waals surface area contributed by atoms with Gasteiger partial charge in [0.05, 0.1) is 24.4 Å². The summed E-state index contributed by atoms with van der Waals surface area (Å²) in [6, 6.07) is 32.1. The van der Waals surface area contributed by atoms with E-state index in [0.717, 1.165) is 48.9 Å². The lowest BCUT2D eigenvalue weighted by Crippen LogP contribution is -2.47. The molecule has 5 rings (SSSR count). The molecule has 1 heterocycles. The van der Waals surface area contributed by atoms with Crippen LogP contribution in [0.4, 0.5) is 27.5 Å². The van der Waals surface area contributed by atoms with Gasteiger partial charge in [0.2, 0.25) is 0 Å². The van der Waals surface area contributed by atoms with E-state index in [1.165, 1.54) is 0 Å². The van der Waals surface area contributed by atoms with E-state index in [0.29, 0.717) is 16.9 Å². The highest BCUT2D eigenvalue weighted by Crippen LogP contribution is 2.31. The highest BCUT2D eigenvalue weighted by atomic mass is 16.5. The van der Waals surface area contributed by atoms with Crippen LogP contribution >= 0.6 is 0 Å². The Kier molecular flexibility index (Phi) is 8.69. The second-order valence-electron chi connectivity index (χ2n) is 9.93. The van der Waals surface area contributed by atoms with Crippen LogP contribution in [0.15, 0.2) is 103 Å². The van der Waals surface area contributed by atoms with E-state index in [1.54, 1.807) is 13.2 Å². The van der Waals surface area contributed by atoms with Gasteiger partial charge in [-0.05, 0) is 55.0 Å². The minimum absolute atomic E-state index is 0.183. The number of rotatable bonds is 8. The van der Waals surface area contributed by atoms with Gasteiger partial charge in [-0.2, -0.15) is 0 Å². The molecule has 1 unspecified atom stereocenters. The number of amides is 3. The number of ether oxygens (including phenoxy) is 1. The van der Waals surface area contributed by atoms with Crippen molar-refractivity contribution >= 4 is 34.7 Å². The van der Waals surface area contributed by atoms with Crippen molar-refractivity contribution < 1.29 is 14.3 Å². The zero-order valence-corrected chi connectivity index (χ0v) is 23.3. The molecule has 1 aliphatic rings. The Hall–Kier alpha value is -4.98. The number of carbonyl (C=O) groups is 2. The molecule has 1 fully saturated rings. The van der Waals surface area contributed by atoms with Crippen molar-refractivity contribution in [3.05, 3.63) is 114 Å². The van der Waals surface area contributed by atoms with Gasteiger partial charge >= 0.3 is 6.03 Å². The molecule has 0 aliphatic carbocycles. The molecule has 4 aromatic carbocycles. The van der Waals surface area contributed by atoms with E-state index in [2.05, 4.69) is 31.8 Å². The highest BCUT2D eigenvalue weighted by molar-refractivity contribution is 6.04. The van der Waals surface area contributed by atoms with Crippen LogP contribution < -0.4 is 30.5 Å². The van der Waals surface area contributed by atoms with Crippen molar-refractivity contribution in [1.82, 2.24) is 5.32 Å². The van der Waals surface area contributed by atoms with Crippen LogP contribution in [0, 0.1) is 0 Å². The number of nitrogens with zero attached hydrogens (tertiary/aromatic N) is 2. The van der Waals surface area contributed by atoms with Crippen LogP contribution in [0.5, 0.6) is 5.75 Å². The van der Waals surface area contributed by atoms with Crippen molar-refractivity contribution in [2.75, 3.05) is 53.7 Å². The van der Waals surface area contributed by atoms with Crippen LogP contribution in [-0.4, -0.2) is 45.2 Å². The predicted octanol–water partition coefficient (Wildman–Crippen LogP) is 6.16. The Balaban J connectivity index is 1.36. The third-order valence-electron chi connectivity index (χ3n) is 7.22. The topological polar surface area (TPSA) is 85.9 Å². The van der Waals surface area contributed by atoms with Crippen LogP contribution in [0.3, 0.4) is 0 Å². The highest BCUT2D eigenvalue weighted by Gasteiger charge is 2.24. The molecule has 0 aromatic heterocycles. The molecular formula is C33H35N5O3. The molecule has 0 spiro atoms. The predicted molar refractivity (Wildman–Crippen MR) is 165 cm³/mol. The number of para-hydroxylation sites is 3. The standard InChI is InChI=1S/C33H35N5O3/c1-24(25-11-5-3-6-12-25)34-32(39)28-23-27(36-33(40)35-26-13-7-4-8-14-26)17-18-29(28)37-19-21-38(22-20-37)30-15-9-10-16-31(30)41-2/h3-18,23-24H,19-22H2,1-2H3,(H,34,39)(H2,35,36,40). The number of anilines is 4. The third kappa shape index (κ3) is 6.78. The number of piperazine rings is 1. The summed E-state index contributed by atoms with van der Waals surface area (Å²) in [5.41, 5.74) is 4.64. The van der Waals surface area contributed by atoms with Crippen LogP contribution in [0.2, 0.25) is 0 Å². The Morgan fingerprint density at radius 1 is 0.707 bits per heavy atom. The summed E-state index contributed by atoms with van der Waals surface area (Å²) >= 11 is 0. The van der Waals surface area contributed by atoms with E-state index in [-0.39, 0.29) is 18.0 Å². The van der Waals surface area contributed by atoms with Gasteiger partial charge in [0.1, 0.15) is 5.75 Å². The molecule has 3 N–H and O–H groups in total. The first kappa shape index (κ1) is 27.6. The smallest absolute Gasteiger partial charge is 0.323 e. The fourth-order valence-corrected chi connectivity index (χ4v) is 5.07. The van der Waals surface area contributed by atoms with Gasteiger partial charge in [-0.15, -0.1) is 0 Å². The first-order valence-corrected chi connectivity index (χ1v) is 13.8. The van der Waals surface area contributed by atoms with Crippen molar-refractivity contribution in [3.63, 3.8) is 0 Å². The van der Waals surface area contributed by atoms with E-state index in [1.807, 2.05) is 97.9 Å². The fourth-order valence-electron chi connectivity index (χ4n) is 5.07. The third-order valence-corrected chi connectivity index (χ3v) is 7.22. The van der Waals surface area contributed by atoms with E-state index in [9.17, 15) is 9.59 Å². The van der Waals surface area contributed by atoms with Crippen LogP contribution in [0.1, 0.15) is 28.9 Å². The van der Waals surface area contributed by atoms with Gasteiger partial charge in [0.25, 0.3) is 5.91 Å². The Bertz CT molecular complexity index is 1470. The van der Waals surface area contributed by atoms with Crippen molar-refractivity contribution in [3.8, 4) is 5.75 Å². The molecule has 0 radical (unpaired) electrons. The summed E-state index contributed by atoms with van der Waals surface area (Å²) in [6.45, 7) is 4.98. The number of hydrogen-bond acceptors (Lipinski definition) is 5. The van der Waals surface area contributed by atoms with E-state index in [4.69, 9.17) is 4.74 Å². The summed E-state index contributed by atoms with van der Waals surface area (Å²) in [5.74, 6) is 0.649. The van der Waals surface area contributed by atoms with Crippen LogP contribution in [0.25, 0.3) is 0 Å². The van der Waals surface area contributed by atoms with Crippen molar-refractivity contribution in [2.45, 2.75) is 13.0 Å². The minimum atomic E-state index is -0.376. The molecular weight excluding hydrogens is 514 g/mol. The van der Waals surface area contributed by atoms with Gasteiger partial charge < -0.3 is 30.5 Å². The Morgan fingerprint density at radius 2 is 1.29 bits per heavy atom. The van der Waals surface area contributed by atoms with E-state index >= 15 is 0 Å². The Labute approximate surface area is 240 Å². The number of nitrogens with one attached hydrogen (secondary N) is 3. The van der Waals surface area contributed by atoms with Gasteiger partial charge in [-0.1, -0.05) is 60.7 Å². The lowest BCUT2D eigenvalue weighted by Gasteiger charge is -2.38. The number of methoxy groups -OCH3 is 1. The summed E-state index contributed by atoms with van der Waals surface area (Å²) in [5, 5.41) is 8.84. The minimum Gasteiger partial charge on any atom is -0.495 e. The zero-order chi connectivity index (χ0) is 28.6. The van der Waals surface area contributed by atoms with Crippen LogP contribution in [-0.2, 0) is 0 Å². The SMILES string of the molecule is COc1ccccc1N1CCN(c2ccc(NC(=O)Nc3ccccc3)cc2C(=O)NC(C)c2ccccc2)CC1. The maximum Gasteiger partial charge on any atom is 0.323 e. The molecule has 1 aliphatic heterocycles. The van der Waals surface area contributed by atoms with Gasteiger partial charge in [0.15, 0.2) is 0 Å². The molecule has 1 atom stereocenters. The molecule has 210 valence electrons. The van der Waals surface area contributed by atoms with E-state index < -0.39 is 0 Å². The molecule has 4 aromatic rings. The van der Waals surface area contributed by atoms with Crippen molar-refractivity contribution in [1.29, 1.82) is 0 Å². The largest absolute Gasteiger partial charge is 0.495 e. The summed E-state index contributed by atoms with van der Waals surface area (Å²) in [7, 11) is 1.69. The molecule has 3 amide bonds. The number of hydrogen-bond donors (Lipinski definition) is 3. The number of urea groups is 1. The molecule has 0 bridgehead atoms. The van der Waals surface area contributed by atoms with Crippen molar-refractivity contribution in [2.24, 2.45) is 0 Å². The second-order valence-corrected chi connectivity index (χ2v) is 9.93. The molecule has 0 saturated carbocycles. The number of carbonyl (C=O) groups excluding carboxylic acids is 2. The lowest BCUT2D eigenvalue weighted by molar-refractivity contribution is 0.0940. The van der Waals surface area contributed by atoms with Gasteiger partial charge in [0, 0.05) is 43.2 Å². The number of benzene rings is 4. The second kappa shape index (κ2) is 12.9. The average molecular weight is 550 g/mol.